The minimum Gasteiger partial charge on any atom is -0.403 e. The van der Waals surface area contributed by atoms with Crippen LogP contribution in [-0.4, -0.2) is 4.57 Å². The number of nitrogens with one attached hydrogen (secondary N) is 1. The van der Waals surface area contributed by atoms with Gasteiger partial charge < -0.3 is 15.7 Å². The van der Waals surface area contributed by atoms with E-state index in [4.69, 9.17) is 23.2 Å². The standard InChI is InChI=1S/C15H19ClN4O/c1-2-12-8-10-4-3-5-13(16)14(10)15(21)20(12)7-6-11(9-17)19-18/h3-5,8-9,19H,2,6-7,17-18H2,1H3/b11-9-. The maximum atomic E-state index is 12.7. The first kappa shape index (κ1) is 15.4. The molecule has 112 valence electrons. The van der Waals surface area contributed by atoms with Crippen LogP contribution in [0.3, 0.4) is 0 Å². The van der Waals surface area contributed by atoms with Gasteiger partial charge in [-0.2, -0.15) is 0 Å². The molecule has 1 aromatic carbocycles. The van der Waals surface area contributed by atoms with Crippen LogP contribution in [0.1, 0.15) is 19.0 Å². The summed E-state index contributed by atoms with van der Waals surface area (Å²) in [6.45, 7) is 2.51. The number of aromatic nitrogens is 1. The Balaban J connectivity index is 2.54. The van der Waals surface area contributed by atoms with Crippen LogP contribution in [-0.2, 0) is 13.0 Å². The summed E-state index contributed by atoms with van der Waals surface area (Å²) in [6, 6.07) is 7.48. The first-order valence-electron chi connectivity index (χ1n) is 6.80. The maximum absolute atomic E-state index is 12.7. The summed E-state index contributed by atoms with van der Waals surface area (Å²) >= 11 is 6.17. The number of pyridine rings is 1. The minimum absolute atomic E-state index is 0.0802. The average molecular weight is 307 g/mol. The third-order valence-corrected chi connectivity index (χ3v) is 3.84. The summed E-state index contributed by atoms with van der Waals surface area (Å²) in [5.74, 6) is 5.36. The number of nitrogens with two attached hydrogens (primary N) is 2. The predicted octanol–water partition coefficient (Wildman–Crippen LogP) is 1.87. The van der Waals surface area contributed by atoms with Crippen LogP contribution in [0.5, 0.6) is 0 Å². The van der Waals surface area contributed by atoms with Gasteiger partial charge in [0.1, 0.15) is 0 Å². The Morgan fingerprint density at radius 1 is 1.48 bits per heavy atom. The molecule has 5 N–H and O–H groups in total. The number of rotatable bonds is 5. The molecule has 0 aliphatic carbocycles. The van der Waals surface area contributed by atoms with Crippen molar-refractivity contribution in [3.63, 3.8) is 0 Å². The van der Waals surface area contributed by atoms with Gasteiger partial charge in [-0.25, -0.2) is 0 Å². The number of hydrazine groups is 1. The topological polar surface area (TPSA) is 86.1 Å². The fraction of sp³-hybridized carbons (Fsp3) is 0.267. The zero-order chi connectivity index (χ0) is 15.4. The summed E-state index contributed by atoms with van der Waals surface area (Å²) < 4.78 is 1.73. The lowest BCUT2D eigenvalue weighted by Crippen LogP contribution is -2.27. The molecule has 0 saturated carbocycles. The molecule has 0 spiro atoms. The third kappa shape index (κ3) is 3.04. The molecule has 0 amide bonds. The number of benzene rings is 1. The average Bonchev–Trinajstić information content (AvgIpc) is 2.49. The van der Waals surface area contributed by atoms with Gasteiger partial charge >= 0.3 is 0 Å². The van der Waals surface area contributed by atoms with Crippen LogP contribution in [0.2, 0.25) is 5.02 Å². The summed E-state index contributed by atoms with van der Waals surface area (Å²) in [6.07, 6.45) is 2.72. The highest BCUT2D eigenvalue weighted by atomic mass is 35.5. The zero-order valence-electron chi connectivity index (χ0n) is 11.9. The third-order valence-electron chi connectivity index (χ3n) is 3.53. The number of hydrogen-bond acceptors (Lipinski definition) is 4. The minimum atomic E-state index is -0.0802. The molecule has 0 atom stereocenters. The Labute approximate surface area is 128 Å². The monoisotopic (exact) mass is 306 g/mol. The van der Waals surface area contributed by atoms with Gasteiger partial charge in [0.05, 0.1) is 10.4 Å². The van der Waals surface area contributed by atoms with Crippen molar-refractivity contribution in [3.05, 3.63) is 57.2 Å². The smallest absolute Gasteiger partial charge is 0.260 e. The largest absolute Gasteiger partial charge is 0.403 e. The molecule has 2 aromatic rings. The van der Waals surface area contributed by atoms with Gasteiger partial charge in [-0.15, -0.1) is 0 Å². The van der Waals surface area contributed by atoms with Crippen molar-refractivity contribution in [2.45, 2.75) is 26.3 Å². The van der Waals surface area contributed by atoms with E-state index in [-0.39, 0.29) is 5.56 Å². The van der Waals surface area contributed by atoms with Gasteiger partial charge in [-0.05, 0) is 23.9 Å². The van der Waals surface area contributed by atoms with Gasteiger partial charge in [0.25, 0.3) is 5.56 Å². The molecule has 1 aromatic heterocycles. The van der Waals surface area contributed by atoms with Crippen molar-refractivity contribution in [3.8, 4) is 0 Å². The summed E-state index contributed by atoms with van der Waals surface area (Å²) in [4.78, 5) is 12.7. The van der Waals surface area contributed by atoms with E-state index in [2.05, 4.69) is 5.43 Å². The molecule has 0 unspecified atom stereocenters. The molecule has 2 rings (SSSR count). The zero-order valence-corrected chi connectivity index (χ0v) is 12.7. The molecule has 6 heteroatoms. The highest BCUT2D eigenvalue weighted by Gasteiger charge is 2.11. The second-order valence-electron chi connectivity index (χ2n) is 4.74. The van der Waals surface area contributed by atoms with Crippen LogP contribution in [0.15, 0.2) is 41.0 Å². The normalized spacial score (nSPS) is 11.9. The van der Waals surface area contributed by atoms with E-state index in [0.29, 0.717) is 29.1 Å². The van der Waals surface area contributed by atoms with Crippen molar-refractivity contribution < 1.29 is 0 Å². The quantitative estimate of drug-likeness (QED) is 0.581. The van der Waals surface area contributed by atoms with Crippen LogP contribution < -0.4 is 22.6 Å². The Bertz CT molecular complexity index is 736. The summed E-state index contributed by atoms with van der Waals surface area (Å²) in [5.41, 5.74) is 9.54. The van der Waals surface area contributed by atoms with Crippen LogP contribution in [0.4, 0.5) is 0 Å². The van der Waals surface area contributed by atoms with Crippen molar-refractivity contribution in [2.24, 2.45) is 11.6 Å². The second-order valence-corrected chi connectivity index (χ2v) is 5.14. The molecule has 0 radical (unpaired) electrons. The van der Waals surface area contributed by atoms with Crippen LogP contribution >= 0.6 is 11.6 Å². The lowest BCUT2D eigenvalue weighted by Gasteiger charge is -2.15. The molecule has 0 fully saturated rings. The molecule has 21 heavy (non-hydrogen) atoms. The van der Waals surface area contributed by atoms with Crippen molar-refractivity contribution in [2.75, 3.05) is 0 Å². The maximum Gasteiger partial charge on any atom is 0.260 e. The van der Waals surface area contributed by atoms with E-state index in [1.807, 2.05) is 25.1 Å². The number of aryl methyl sites for hydroxylation is 1. The lowest BCUT2D eigenvalue weighted by atomic mass is 10.1. The molecule has 0 saturated heterocycles. The van der Waals surface area contributed by atoms with Crippen LogP contribution in [0.25, 0.3) is 10.8 Å². The highest BCUT2D eigenvalue weighted by molar-refractivity contribution is 6.35. The Kier molecular flexibility index (Phi) is 4.88. The second kappa shape index (κ2) is 6.65. The number of fused-ring (bicyclic) bond motifs is 1. The van der Waals surface area contributed by atoms with Gasteiger partial charge in [-0.3, -0.25) is 10.6 Å². The van der Waals surface area contributed by atoms with E-state index < -0.39 is 0 Å². The van der Waals surface area contributed by atoms with E-state index in [9.17, 15) is 4.79 Å². The molecule has 5 nitrogen and oxygen atoms in total. The van der Waals surface area contributed by atoms with Crippen molar-refractivity contribution >= 4 is 22.4 Å². The molecule has 0 aliphatic heterocycles. The summed E-state index contributed by atoms with van der Waals surface area (Å²) in [7, 11) is 0. The van der Waals surface area contributed by atoms with Gasteiger partial charge in [0.2, 0.25) is 0 Å². The van der Waals surface area contributed by atoms with Crippen LogP contribution in [0, 0.1) is 0 Å². The Hall–Kier alpha value is -1.98. The highest BCUT2D eigenvalue weighted by Crippen LogP contribution is 2.21. The first-order chi connectivity index (χ1) is 10.1. The Morgan fingerprint density at radius 3 is 2.86 bits per heavy atom. The molecule has 0 bridgehead atoms. The van der Waals surface area contributed by atoms with Gasteiger partial charge in [0, 0.05) is 30.6 Å². The number of allylic oxidation sites excluding steroid dienone is 1. The van der Waals surface area contributed by atoms with E-state index in [0.717, 1.165) is 17.5 Å². The predicted molar refractivity (Wildman–Crippen MR) is 86.8 cm³/mol. The fourth-order valence-electron chi connectivity index (χ4n) is 2.38. The lowest BCUT2D eigenvalue weighted by molar-refractivity contribution is 0.614. The molecular formula is C15H19ClN4O. The van der Waals surface area contributed by atoms with E-state index in [1.54, 1.807) is 10.6 Å². The van der Waals surface area contributed by atoms with E-state index in [1.165, 1.54) is 6.20 Å². The van der Waals surface area contributed by atoms with Gasteiger partial charge in [-0.1, -0.05) is 30.7 Å². The number of hydrogen-bond donors (Lipinski definition) is 3. The summed E-state index contributed by atoms with van der Waals surface area (Å²) in [5, 5.41) is 1.89. The Morgan fingerprint density at radius 2 is 2.24 bits per heavy atom. The first-order valence-corrected chi connectivity index (χ1v) is 7.18. The van der Waals surface area contributed by atoms with Gasteiger partial charge in [0.15, 0.2) is 0 Å². The molecular weight excluding hydrogens is 288 g/mol. The molecule has 1 heterocycles. The van der Waals surface area contributed by atoms with Crippen molar-refractivity contribution in [1.29, 1.82) is 0 Å². The number of nitrogens with zero attached hydrogens (tertiary/aromatic N) is 1. The number of halogens is 1. The van der Waals surface area contributed by atoms with Crippen molar-refractivity contribution in [1.82, 2.24) is 9.99 Å². The SMILES string of the molecule is CCc1cc2cccc(Cl)c2c(=O)n1CC/C(=C/N)NN. The molecule has 0 aliphatic rings. The van der Waals surface area contributed by atoms with E-state index >= 15 is 0 Å². The fourth-order valence-corrected chi connectivity index (χ4v) is 2.65.